The predicted molar refractivity (Wildman–Crippen MR) is 64.0 cm³/mol. The Morgan fingerprint density at radius 2 is 2.29 bits per heavy atom. The van der Waals surface area contributed by atoms with Crippen LogP contribution in [0.1, 0.15) is 24.8 Å². The van der Waals surface area contributed by atoms with Crippen LogP contribution >= 0.6 is 0 Å². The van der Waals surface area contributed by atoms with E-state index in [1.54, 1.807) is 6.07 Å². The van der Waals surface area contributed by atoms with Crippen LogP contribution in [0, 0.1) is 5.82 Å². The molecule has 3 nitrogen and oxygen atoms in total. The first kappa shape index (κ1) is 12.2. The number of rotatable bonds is 3. The third-order valence-corrected chi connectivity index (χ3v) is 3.22. The summed E-state index contributed by atoms with van der Waals surface area (Å²) in [5.41, 5.74) is 0.515. The molecule has 94 valence electrons. The first-order chi connectivity index (χ1) is 8.20. The first-order valence-corrected chi connectivity index (χ1v) is 5.99. The van der Waals surface area contributed by atoms with E-state index >= 15 is 0 Å². The van der Waals surface area contributed by atoms with Crippen molar-refractivity contribution in [2.24, 2.45) is 0 Å². The Kier molecular flexibility index (Phi) is 3.84. The van der Waals surface area contributed by atoms with E-state index in [0.717, 1.165) is 13.0 Å². The highest BCUT2D eigenvalue weighted by molar-refractivity contribution is 5.39. The number of hydrogen-bond donors (Lipinski definition) is 2. The van der Waals surface area contributed by atoms with Crippen LogP contribution in [0.5, 0.6) is 11.5 Å². The Morgan fingerprint density at radius 1 is 1.47 bits per heavy atom. The molecule has 1 aromatic rings. The van der Waals surface area contributed by atoms with Gasteiger partial charge in [-0.15, -0.1) is 0 Å². The quantitative estimate of drug-likeness (QED) is 0.850. The molecule has 0 aromatic heterocycles. The SMILES string of the molecule is COc1cc(O)c(F)c(CC2CCCCN2)c1. The smallest absolute Gasteiger partial charge is 0.168 e. The van der Waals surface area contributed by atoms with Crippen LogP contribution in [0.15, 0.2) is 12.1 Å². The summed E-state index contributed by atoms with van der Waals surface area (Å²) in [5.74, 6) is -0.372. The maximum absolute atomic E-state index is 13.7. The number of hydrogen-bond acceptors (Lipinski definition) is 3. The van der Waals surface area contributed by atoms with Gasteiger partial charge in [0.2, 0.25) is 0 Å². The summed E-state index contributed by atoms with van der Waals surface area (Å²) < 4.78 is 18.8. The molecular weight excluding hydrogens is 221 g/mol. The number of benzene rings is 1. The van der Waals surface area contributed by atoms with Gasteiger partial charge >= 0.3 is 0 Å². The number of halogens is 1. The summed E-state index contributed by atoms with van der Waals surface area (Å²) in [6.45, 7) is 0.988. The standard InChI is InChI=1S/C13H18FNO2/c1-17-11-7-9(13(14)12(16)8-11)6-10-4-2-3-5-15-10/h7-8,10,15-16H,2-6H2,1H3. The predicted octanol–water partition coefficient (Wildman–Crippen LogP) is 2.22. The fourth-order valence-corrected chi connectivity index (χ4v) is 2.27. The van der Waals surface area contributed by atoms with E-state index in [1.807, 2.05) is 0 Å². The second-order valence-corrected chi connectivity index (χ2v) is 4.47. The zero-order valence-corrected chi connectivity index (χ0v) is 10.0. The van der Waals surface area contributed by atoms with E-state index in [-0.39, 0.29) is 5.75 Å². The van der Waals surface area contributed by atoms with Gasteiger partial charge in [0.05, 0.1) is 7.11 Å². The number of methoxy groups -OCH3 is 1. The Hall–Kier alpha value is -1.29. The van der Waals surface area contributed by atoms with Gasteiger partial charge in [-0.1, -0.05) is 6.42 Å². The lowest BCUT2D eigenvalue weighted by atomic mass is 9.97. The van der Waals surface area contributed by atoms with Gasteiger partial charge in [-0.2, -0.15) is 0 Å². The highest BCUT2D eigenvalue weighted by atomic mass is 19.1. The van der Waals surface area contributed by atoms with Crippen LogP contribution in [0.2, 0.25) is 0 Å². The Morgan fingerprint density at radius 3 is 2.94 bits per heavy atom. The van der Waals surface area contributed by atoms with E-state index in [1.165, 1.54) is 26.0 Å². The van der Waals surface area contributed by atoms with E-state index in [0.29, 0.717) is 23.8 Å². The molecule has 2 N–H and O–H groups in total. The largest absolute Gasteiger partial charge is 0.505 e. The zero-order chi connectivity index (χ0) is 12.3. The van der Waals surface area contributed by atoms with Crippen molar-refractivity contribution in [1.82, 2.24) is 5.32 Å². The molecule has 17 heavy (non-hydrogen) atoms. The molecule has 0 aliphatic carbocycles. The highest BCUT2D eigenvalue weighted by Crippen LogP contribution is 2.27. The van der Waals surface area contributed by atoms with Crippen molar-refractivity contribution < 1.29 is 14.2 Å². The van der Waals surface area contributed by atoms with Gasteiger partial charge in [-0.25, -0.2) is 4.39 Å². The lowest BCUT2D eigenvalue weighted by Gasteiger charge is -2.23. The molecule has 1 fully saturated rings. The molecule has 1 aliphatic heterocycles. The fraction of sp³-hybridized carbons (Fsp3) is 0.538. The molecule has 2 rings (SSSR count). The van der Waals surface area contributed by atoms with Gasteiger partial charge in [0, 0.05) is 12.1 Å². The van der Waals surface area contributed by atoms with Crippen molar-refractivity contribution in [2.75, 3.05) is 13.7 Å². The maximum Gasteiger partial charge on any atom is 0.168 e. The third kappa shape index (κ3) is 2.88. The lowest BCUT2D eigenvalue weighted by molar-refractivity contribution is 0.378. The molecule has 0 radical (unpaired) electrons. The number of phenols is 1. The fourth-order valence-electron chi connectivity index (χ4n) is 2.27. The van der Waals surface area contributed by atoms with Gasteiger partial charge in [0.25, 0.3) is 0 Å². The van der Waals surface area contributed by atoms with Crippen molar-refractivity contribution in [3.8, 4) is 11.5 Å². The number of nitrogens with one attached hydrogen (secondary N) is 1. The average Bonchev–Trinajstić information content (AvgIpc) is 2.36. The van der Waals surface area contributed by atoms with Crippen LogP contribution < -0.4 is 10.1 Å². The van der Waals surface area contributed by atoms with E-state index < -0.39 is 5.82 Å². The van der Waals surface area contributed by atoms with Crippen molar-refractivity contribution >= 4 is 0 Å². The number of aromatic hydroxyl groups is 1. The molecule has 0 saturated carbocycles. The number of phenolic OH excluding ortho intramolecular Hbond substituents is 1. The summed E-state index contributed by atoms with van der Waals surface area (Å²) >= 11 is 0. The monoisotopic (exact) mass is 239 g/mol. The Labute approximate surface area is 101 Å². The van der Waals surface area contributed by atoms with Crippen LogP contribution in [0.4, 0.5) is 4.39 Å². The average molecular weight is 239 g/mol. The molecule has 4 heteroatoms. The number of piperidine rings is 1. The topological polar surface area (TPSA) is 41.5 Å². The van der Waals surface area contributed by atoms with E-state index in [4.69, 9.17) is 4.74 Å². The van der Waals surface area contributed by atoms with Gasteiger partial charge in [0.15, 0.2) is 11.6 Å². The summed E-state index contributed by atoms with van der Waals surface area (Å²) in [4.78, 5) is 0. The molecule has 1 saturated heterocycles. The van der Waals surface area contributed by atoms with Crippen LogP contribution in [-0.4, -0.2) is 24.8 Å². The van der Waals surface area contributed by atoms with Crippen LogP contribution in [0.25, 0.3) is 0 Å². The summed E-state index contributed by atoms with van der Waals surface area (Å²) in [6.07, 6.45) is 4.01. The Balaban J connectivity index is 2.15. The van der Waals surface area contributed by atoms with Gasteiger partial charge in [-0.3, -0.25) is 0 Å². The second kappa shape index (κ2) is 5.36. The minimum absolute atomic E-state index is 0.296. The first-order valence-electron chi connectivity index (χ1n) is 5.99. The Bertz CT molecular complexity index is 389. The lowest BCUT2D eigenvalue weighted by Crippen LogP contribution is -2.35. The maximum atomic E-state index is 13.7. The van der Waals surface area contributed by atoms with Crippen molar-refractivity contribution in [3.63, 3.8) is 0 Å². The molecule has 0 spiro atoms. The molecule has 1 heterocycles. The van der Waals surface area contributed by atoms with Gasteiger partial charge in [0.1, 0.15) is 5.75 Å². The molecule has 0 amide bonds. The zero-order valence-electron chi connectivity index (χ0n) is 10.0. The molecule has 1 aliphatic rings. The van der Waals surface area contributed by atoms with Crippen molar-refractivity contribution in [3.05, 3.63) is 23.5 Å². The molecule has 1 unspecified atom stereocenters. The minimum atomic E-state index is -0.529. The molecular formula is C13H18FNO2. The van der Waals surface area contributed by atoms with E-state index in [2.05, 4.69) is 5.32 Å². The second-order valence-electron chi connectivity index (χ2n) is 4.47. The van der Waals surface area contributed by atoms with Crippen molar-refractivity contribution in [1.29, 1.82) is 0 Å². The summed E-state index contributed by atoms with van der Waals surface area (Å²) in [5, 5.41) is 12.8. The summed E-state index contributed by atoms with van der Waals surface area (Å²) in [6, 6.07) is 3.25. The van der Waals surface area contributed by atoms with Crippen LogP contribution in [0.3, 0.4) is 0 Å². The van der Waals surface area contributed by atoms with Gasteiger partial charge in [-0.05, 0) is 37.4 Å². The normalized spacial score (nSPS) is 20.2. The third-order valence-electron chi connectivity index (χ3n) is 3.22. The van der Waals surface area contributed by atoms with Gasteiger partial charge < -0.3 is 15.2 Å². The molecule has 1 aromatic carbocycles. The number of ether oxygens (including phenoxy) is 1. The highest BCUT2D eigenvalue weighted by Gasteiger charge is 2.17. The molecule has 0 bridgehead atoms. The van der Waals surface area contributed by atoms with Crippen LogP contribution in [-0.2, 0) is 6.42 Å². The molecule has 1 atom stereocenters. The minimum Gasteiger partial charge on any atom is -0.505 e. The summed E-state index contributed by atoms with van der Waals surface area (Å²) in [7, 11) is 1.51. The van der Waals surface area contributed by atoms with E-state index in [9.17, 15) is 9.50 Å². The van der Waals surface area contributed by atoms with Crippen molar-refractivity contribution in [2.45, 2.75) is 31.7 Å².